The van der Waals surface area contributed by atoms with Gasteiger partial charge in [-0.15, -0.1) is 0 Å². The predicted molar refractivity (Wildman–Crippen MR) is 69.5 cm³/mol. The number of aromatic hydroxyl groups is 2. The van der Waals surface area contributed by atoms with Crippen LogP contribution in [0, 0.1) is 0 Å². The number of likely N-dealkylation sites (N-methyl/N-ethyl adjacent to an activating group) is 1. The molecular formula is C11H13Cl2NO4. The summed E-state index contributed by atoms with van der Waals surface area (Å²) in [5.74, 6) is -3.23. The van der Waals surface area contributed by atoms with Crippen LogP contribution < -0.4 is 5.32 Å². The number of ketones is 1. The van der Waals surface area contributed by atoms with Crippen molar-refractivity contribution in [1.82, 2.24) is 5.32 Å². The number of Topliss-reactive ketones (excluding diaryl/α,β-unsaturated/α-hetero) is 1. The molecule has 1 rings (SSSR count). The van der Waals surface area contributed by atoms with E-state index in [1.165, 1.54) is 7.05 Å². The Morgan fingerprint density at radius 3 is 2.11 bits per heavy atom. The summed E-state index contributed by atoms with van der Waals surface area (Å²) in [5, 5.41) is 20.0. The first-order chi connectivity index (χ1) is 8.40. The van der Waals surface area contributed by atoms with E-state index in [9.17, 15) is 19.8 Å². The second-order valence-corrected chi connectivity index (χ2v) is 3.61. The zero-order chi connectivity index (χ0) is 14.5. The summed E-state index contributed by atoms with van der Waals surface area (Å²) in [7, 11) is 1.27. The van der Waals surface area contributed by atoms with Gasteiger partial charge in [-0.25, -0.2) is 0 Å². The lowest BCUT2D eigenvalue weighted by Gasteiger charge is -2.07. The van der Waals surface area contributed by atoms with Crippen LogP contribution in [0.1, 0.15) is 24.2 Å². The van der Waals surface area contributed by atoms with E-state index in [4.69, 9.17) is 23.2 Å². The lowest BCUT2D eigenvalue weighted by Crippen LogP contribution is -2.27. The maximum atomic E-state index is 11.5. The van der Waals surface area contributed by atoms with Gasteiger partial charge in [-0.1, -0.05) is 37.0 Å². The van der Waals surface area contributed by atoms with E-state index in [-0.39, 0.29) is 10.6 Å². The van der Waals surface area contributed by atoms with Gasteiger partial charge in [0.1, 0.15) is 0 Å². The molecule has 1 aromatic rings. The van der Waals surface area contributed by atoms with Gasteiger partial charge in [0, 0.05) is 7.05 Å². The van der Waals surface area contributed by atoms with Crippen molar-refractivity contribution < 1.29 is 19.8 Å². The number of phenolic OH excluding ortho intramolecular Hbond substituents is 2. The topological polar surface area (TPSA) is 86.6 Å². The van der Waals surface area contributed by atoms with Gasteiger partial charge >= 0.3 is 0 Å². The Bertz CT molecular complexity index is 475. The maximum Gasteiger partial charge on any atom is 0.292 e. The summed E-state index contributed by atoms with van der Waals surface area (Å²) in [6.45, 7) is 4.00. The first kappa shape index (κ1) is 16.5. The Morgan fingerprint density at radius 2 is 1.67 bits per heavy atom. The van der Waals surface area contributed by atoms with E-state index in [0.29, 0.717) is 0 Å². The molecule has 0 aliphatic heterocycles. The van der Waals surface area contributed by atoms with Gasteiger partial charge in [-0.3, -0.25) is 9.59 Å². The van der Waals surface area contributed by atoms with E-state index >= 15 is 0 Å². The summed E-state index contributed by atoms with van der Waals surface area (Å²) in [4.78, 5) is 22.5. The number of hydrogen-bond donors (Lipinski definition) is 3. The summed E-state index contributed by atoms with van der Waals surface area (Å²) in [6, 6.07) is 1.01. The summed E-state index contributed by atoms with van der Waals surface area (Å²) < 4.78 is 0. The highest BCUT2D eigenvalue weighted by Crippen LogP contribution is 2.41. The highest BCUT2D eigenvalue weighted by atomic mass is 35.5. The molecule has 7 heteroatoms. The van der Waals surface area contributed by atoms with Crippen LogP contribution in [-0.4, -0.2) is 29.0 Å². The highest BCUT2D eigenvalue weighted by molar-refractivity contribution is 6.48. The minimum Gasteiger partial charge on any atom is -0.503 e. The number of hydrogen-bond acceptors (Lipinski definition) is 4. The van der Waals surface area contributed by atoms with Gasteiger partial charge in [-0.05, 0) is 6.07 Å². The van der Waals surface area contributed by atoms with Crippen LogP contribution in [0.5, 0.6) is 11.5 Å². The number of rotatable bonds is 2. The third-order valence-electron chi connectivity index (χ3n) is 1.84. The van der Waals surface area contributed by atoms with Crippen molar-refractivity contribution in [1.29, 1.82) is 0 Å². The Kier molecular flexibility index (Phi) is 6.51. The molecule has 0 atom stereocenters. The molecule has 0 aliphatic carbocycles. The summed E-state index contributed by atoms with van der Waals surface area (Å²) in [6.07, 6.45) is 0. The van der Waals surface area contributed by atoms with Crippen molar-refractivity contribution >= 4 is 34.9 Å². The Morgan fingerprint density at radius 1 is 1.17 bits per heavy atom. The van der Waals surface area contributed by atoms with Crippen molar-refractivity contribution in [3.8, 4) is 11.5 Å². The standard InChI is InChI=1S/C9H7Cl2NO4.C2H6/c1-12-9(16)6(13)3-2-4(10)7(14)8(15)5(3)11;1-2/h2,14-15H,1H3,(H,12,16);1-2H3. The molecule has 0 unspecified atom stereocenters. The monoisotopic (exact) mass is 293 g/mol. The molecule has 1 amide bonds. The molecular weight excluding hydrogens is 281 g/mol. The normalized spacial score (nSPS) is 9.17. The number of benzene rings is 1. The average Bonchev–Trinajstić information content (AvgIpc) is 2.41. The molecule has 0 bridgehead atoms. The molecule has 3 N–H and O–H groups in total. The van der Waals surface area contributed by atoms with Crippen molar-refractivity contribution in [2.24, 2.45) is 0 Å². The minimum absolute atomic E-state index is 0.269. The maximum absolute atomic E-state index is 11.5. The second kappa shape index (κ2) is 7.08. The van der Waals surface area contributed by atoms with Crippen molar-refractivity contribution in [2.45, 2.75) is 13.8 Å². The predicted octanol–water partition coefficient (Wildman–Crippen LogP) is 2.36. The molecule has 1 aromatic carbocycles. The first-order valence-electron chi connectivity index (χ1n) is 5.06. The molecule has 18 heavy (non-hydrogen) atoms. The quantitative estimate of drug-likeness (QED) is 0.444. The molecule has 0 fully saturated rings. The lowest BCUT2D eigenvalue weighted by molar-refractivity contribution is -0.116. The van der Waals surface area contributed by atoms with Gasteiger partial charge in [-0.2, -0.15) is 0 Å². The van der Waals surface area contributed by atoms with E-state index in [1.54, 1.807) is 0 Å². The molecule has 0 aliphatic rings. The van der Waals surface area contributed by atoms with Crippen LogP contribution in [0.15, 0.2) is 6.07 Å². The lowest BCUT2D eigenvalue weighted by atomic mass is 10.1. The van der Waals surface area contributed by atoms with Gasteiger partial charge in [0.15, 0.2) is 11.5 Å². The Balaban J connectivity index is 0.00000137. The molecule has 0 saturated heterocycles. The third kappa shape index (κ3) is 3.27. The molecule has 100 valence electrons. The van der Waals surface area contributed by atoms with Crippen molar-refractivity contribution in [3.05, 3.63) is 21.7 Å². The molecule has 5 nitrogen and oxygen atoms in total. The van der Waals surface area contributed by atoms with Gasteiger partial charge < -0.3 is 15.5 Å². The summed E-state index contributed by atoms with van der Waals surface area (Å²) in [5.41, 5.74) is -0.277. The van der Waals surface area contributed by atoms with Crippen LogP contribution in [0.2, 0.25) is 10.0 Å². The van der Waals surface area contributed by atoms with Crippen LogP contribution in [0.3, 0.4) is 0 Å². The van der Waals surface area contributed by atoms with Crippen LogP contribution in [0.4, 0.5) is 0 Å². The van der Waals surface area contributed by atoms with Gasteiger partial charge in [0.05, 0.1) is 15.6 Å². The minimum atomic E-state index is -0.954. The van der Waals surface area contributed by atoms with Crippen molar-refractivity contribution in [3.63, 3.8) is 0 Å². The Labute approximate surface area is 114 Å². The number of phenols is 2. The van der Waals surface area contributed by atoms with Crippen LogP contribution in [-0.2, 0) is 4.79 Å². The molecule has 0 aromatic heterocycles. The van der Waals surface area contributed by atoms with Crippen LogP contribution >= 0.6 is 23.2 Å². The van der Waals surface area contributed by atoms with E-state index < -0.39 is 28.2 Å². The van der Waals surface area contributed by atoms with Crippen LogP contribution in [0.25, 0.3) is 0 Å². The second-order valence-electron chi connectivity index (χ2n) is 2.83. The number of halogens is 2. The fraction of sp³-hybridized carbons (Fsp3) is 0.273. The fourth-order valence-electron chi connectivity index (χ4n) is 1.00. The largest absolute Gasteiger partial charge is 0.503 e. The first-order valence-corrected chi connectivity index (χ1v) is 5.82. The van der Waals surface area contributed by atoms with Gasteiger partial charge in [0.25, 0.3) is 11.7 Å². The molecule has 0 heterocycles. The van der Waals surface area contributed by atoms with E-state index in [1.807, 2.05) is 13.8 Å². The SMILES string of the molecule is CC.CNC(=O)C(=O)c1cc(Cl)c(O)c(O)c1Cl. The Hall–Kier alpha value is -1.46. The number of carbonyl (C=O) groups is 2. The number of carbonyl (C=O) groups excluding carboxylic acids is 2. The highest BCUT2D eigenvalue weighted by Gasteiger charge is 2.23. The zero-order valence-corrected chi connectivity index (χ0v) is 11.6. The summed E-state index contributed by atoms with van der Waals surface area (Å²) >= 11 is 11.1. The molecule has 0 saturated carbocycles. The van der Waals surface area contributed by atoms with Gasteiger partial charge in [0.2, 0.25) is 0 Å². The zero-order valence-electron chi connectivity index (χ0n) is 10.0. The molecule has 0 radical (unpaired) electrons. The smallest absolute Gasteiger partial charge is 0.292 e. The van der Waals surface area contributed by atoms with E-state index in [2.05, 4.69) is 5.32 Å². The number of nitrogens with one attached hydrogen (secondary N) is 1. The number of amides is 1. The average molecular weight is 294 g/mol. The fourth-order valence-corrected chi connectivity index (χ4v) is 1.43. The third-order valence-corrected chi connectivity index (χ3v) is 2.51. The van der Waals surface area contributed by atoms with E-state index in [0.717, 1.165) is 6.07 Å². The molecule has 0 spiro atoms. The van der Waals surface area contributed by atoms with Crippen molar-refractivity contribution in [2.75, 3.05) is 7.05 Å².